The number of hydrogen-bond acceptors (Lipinski definition) is 5. The molecule has 0 fully saturated rings. The summed E-state index contributed by atoms with van der Waals surface area (Å²) in [5.41, 5.74) is -0.738. The van der Waals surface area contributed by atoms with Gasteiger partial charge < -0.3 is 14.8 Å². The maximum Gasteiger partial charge on any atom is 0.434 e. The molecule has 0 bridgehead atoms. The van der Waals surface area contributed by atoms with Crippen molar-refractivity contribution in [1.29, 1.82) is 0 Å². The van der Waals surface area contributed by atoms with E-state index in [1.807, 2.05) is 0 Å². The van der Waals surface area contributed by atoms with Crippen LogP contribution in [0.15, 0.2) is 54.7 Å². The van der Waals surface area contributed by atoms with E-state index < -0.39 is 29.3 Å². The highest BCUT2D eigenvalue weighted by Crippen LogP contribution is 2.34. The summed E-state index contributed by atoms with van der Waals surface area (Å²) in [6, 6.07) is 12.2. The zero-order valence-corrected chi connectivity index (χ0v) is 16.6. The minimum atomic E-state index is -4.81. The number of alkyl halides is 3. The van der Waals surface area contributed by atoms with Gasteiger partial charge in [0.15, 0.2) is 12.3 Å². The zero-order chi connectivity index (χ0) is 22.6. The van der Waals surface area contributed by atoms with Crippen LogP contribution < -0.4 is 10.1 Å². The van der Waals surface area contributed by atoms with Gasteiger partial charge in [0.05, 0.1) is 24.6 Å². The number of aromatic nitrogens is 2. The number of nitrogens with one attached hydrogen (secondary N) is 1. The first kappa shape index (κ1) is 21.9. The van der Waals surface area contributed by atoms with Crippen molar-refractivity contribution in [1.82, 2.24) is 9.78 Å². The van der Waals surface area contributed by atoms with Crippen LogP contribution in [-0.4, -0.2) is 35.4 Å². The van der Waals surface area contributed by atoms with Gasteiger partial charge in [0.25, 0.3) is 5.91 Å². The van der Waals surface area contributed by atoms with E-state index in [4.69, 9.17) is 4.74 Å². The monoisotopic (exact) mass is 433 g/mol. The number of methoxy groups -OCH3 is 1. The Kier molecular flexibility index (Phi) is 6.28. The summed E-state index contributed by atoms with van der Waals surface area (Å²) < 4.78 is 51.7. The molecule has 0 saturated heterocycles. The van der Waals surface area contributed by atoms with Crippen LogP contribution in [0.2, 0.25) is 0 Å². The molecule has 0 atom stereocenters. The standard InChI is InChI=1S/C21H18F3N3O4/c1-13-5-3-4-6-17(13)27-19(21(22,23)24)16(11-25-27)20(29)26-14-7-9-15(10-8-14)31-12-18(28)30-2/h3-11H,12H2,1-2H3,(H,26,29). The van der Waals surface area contributed by atoms with E-state index >= 15 is 0 Å². The summed E-state index contributed by atoms with van der Waals surface area (Å²) in [7, 11) is 1.22. The fourth-order valence-corrected chi connectivity index (χ4v) is 2.81. The number of benzene rings is 2. The second-order valence-corrected chi connectivity index (χ2v) is 6.45. The third-order valence-electron chi connectivity index (χ3n) is 4.32. The van der Waals surface area contributed by atoms with Crippen molar-refractivity contribution < 1.29 is 32.2 Å². The second-order valence-electron chi connectivity index (χ2n) is 6.45. The fourth-order valence-electron chi connectivity index (χ4n) is 2.81. The van der Waals surface area contributed by atoms with Crippen LogP contribution >= 0.6 is 0 Å². The minimum Gasteiger partial charge on any atom is -0.482 e. The number of ether oxygens (including phenoxy) is 2. The average molecular weight is 433 g/mol. The Morgan fingerprint density at radius 1 is 1.10 bits per heavy atom. The Hall–Kier alpha value is -3.82. The molecule has 10 heteroatoms. The Labute approximate surface area is 175 Å². The number of para-hydroxylation sites is 1. The third kappa shape index (κ3) is 5.03. The Balaban J connectivity index is 1.84. The van der Waals surface area contributed by atoms with Gasteiger partial charge in [-0.05, 0) is 42.8 Å². The summed E-state index contributed by atoms with van der Waals surface area (Å²) >= 11 is 0. The summed E-state index contributed by atoms with van der Waals surface area (Å²) in [6.07, 6.45) is -3.92. The van der Waals surface area contributed by atoms with Crippen LogP contribution in [0.1, 0.15) is 21.6 Å². The average Bonchev–Trinajstić information content (AvgIpc) is 3.19. The number of amides is 1. The van der Waals surface area contributed by atoms with E-state index in [1.165, 1.54) is 37.4 Å². The number of hydrogen-bond donors (Lipinski definition) is 1. The van der Waals surface area contributed by atoms with Crippen molar-refractivity contribution in [2.75, 3.05) is 19.0 Å². The molecular formula is C21H18F3N3O4. The molecule has 1 amide bonds. The minimum absolute atomic E-state index is 0.223. The predicted molar refractivity (Wildman–Crippen MR) is 105 cm³/mol. The summed E-state index contributed by atoms with van der Waals surface area (Å²) in [5, 5.41) is 6.23. The van der Waals surface area contributed by atoms with Crippen LogP contribution in [0.25, 0.3) is 5.69 Å². The molecule has 0 saturated carbocycles. The molecule has 0 aliphatic rings. The van der Waals surface area contributed by atoms with Gasteiger partial charge in [0, 0.05) is 5.69 Å². The van der Waals surface area contributed by atoms with E-state index in [2.05, 4.69) is 15.2 Å². The van der Waals surface area contributed by atoms with Crippen LogP contribution in [0.3, 0.4) is 0 Å². The van der Waals surface area contributed by atoms with Gasteiger partial charge in [-0.15, -0.1) is 0 Å². The van der Waals surface area contributed by atoms with E-state index in [0.29, 0.717) is 16.0 Å². The van der Waals surface area contributed by atoms with Crippen molar-refractivity contribution >= 4 is 17.6 Å². The van der Waals surface area contributed by atoms with Crippen LogP contribution in [0.5, 0.6) is 5.75 Å². The van der Waals surface area contributed by atoms with E-state index in [1.54, 1.807) is 25.1 Å². The van der Waals surface area contributed by atoms with Gasteiger partial charge in [0.2, 0.25) is 0 Å². The van der Waals surface area contributed by atoms with Gasteiger partial charge in [-0.25, -0.2) is 9.48 Å². The Bertz CT molecular complexity index is 1090. The highest BCUT2D eigenvalue weighted by molar-refractivity contribution is 6.05. The smallest absolute Gasteiger partial charge is 0.434 e. The lowest BCUT2D eigenvalue weighted by Crippen LogP contribution is -2.21. The van der Waals surface area contributed by atoms with Gasteiger partial charge in [-0.1, -0.05) is 18.2 Å². The topological polar surface area (TPSA) is 82.4 Å². The molecule has 0 aliphatic heterocycles. The summed E-state index contributed by atoms with van der Waals surface area (Å²) in [5.74, 6) is -1.20. The number of rotatable bonds is 6. The fraction of sp³-hybridized carbons (Fsp3) is 0.190. The SMILES string of the molecule is COC(=O)COc1ccc(NC(=O)c2cnn(-c3ccccc3C)c2C(F)(F)F)cc1. The number of esters is 1. The third-order valence-corrected chi connectivity index (χ3v) is 4.32. The molecule has 3 rings (SSSR count). The first-order valence-electron chi connectivity index (χ1n) is 9.03. The number of carbonyl (C=O) groups is 2. The number of aryl methyl sites for hydroxylation is 1. The number of halogens is 3. The molecule has 0 unspecified atom stereocenters. The highest BCUT2D eigenvalue weighted by atomic mass is 19.4. The van der Waals surface area contributed by atoms with Crippen molar-refractivity contribution in [2.24, 2.45) is 0 Å². The van der Waals surface area contributed by atoms with E-state index in [9.17, 15) is 22.8 Å². The summed E-state index contributed by atoms with van der Waals surface area (Å²) in [4.78, 5) is 23.7. The molecule has 7 nitrogen and oxygen atoms in total. The first-order chi connectivity index (χ1) is 14.7. The van der Waals surface area contributed by atoms with Crippen LogP contribution in [-0.2, 0) is 15.7 Å². The van der Waals surface area contributed by atoms with Gasteiger partial charge >= 0.3 is 12.1 Å². The first-order valence-corrected chi connectivity index (χ1v) is 9.03. The number of carbonyl (C=O) groups excluding carboxylic acids is 2. The quantitative estimate of drug-likeness (QED) is 0.594. The highest BCUT2D eigenvalue weighted by Gasteiger charge is 2.40. The lowest BCUT2D eigenvalue weighted by Gasteiger charge is -2.14. The van der Waals surface area contributed by atoms with Crippen molar-refractivity contribution in [2.45, 2.75) is 13.1 Å². The zero-order valence-electron chi connectivity index (χ0n) is 16.6. The molecule has 1 N–H and O–H groups in total. The van der Waals surface area contributed by atoms with Crippen LogP contribution in [0, 0.1) is 6.92 Å². The molecule has 162 valence electrons. The molecule has 0 radical (unpaired) electrons. The summed E-state index contributed by atoms with van der Waals surface area (Å²) in [6.45, 7) is 1.36. The molecule has 1 heterocycles. The largest absolute Gasteiger partial charge is 0.482 e. The second kappa shape index (κ2) is 8.90. The molecule has 31 heavy (non-hydrogen) atoms. The van der Waals surface area contributed by atoms with Gasteiger partial charge in [-0.2, -0.15) is 18.3 Å². The lowest BCUT2D eigenvalue weighted by atomic mass is 10.1. The molecule has 0 spiro atoms. The van der Waals surface area contributed by atoms with Crippen molar-refractivity contribution in [3.05, 3.63) is 71.5 Å². The van der Waals surface area contributed by atoms with E-state index in [0.717, 1.165) is 6.20 Å². The maximum atomic E-state index is 13.8. The van der Waals surface area contributed by atoms with Gasteiger partial charge in [0.1, 0.15) is 5.75 Å². The molecule has 3 aromatic rings. The molecular weight excluding hydrogens is 415 g/mol. The predicted octanol–water partition coefficient (Wildman–Crippen LogP) is 4.00. The normalized spacial score (nSPS) is 11.1. The Morgan fingerprint density at radius 2 is 1.77 bits per heavy atom. The Morgan fingerprint density at radius 3 is 2.39 bits per heavy atom. The van der Waals surface area contributed by atoms with E-state index in [-0.39, 0.29) is 18.0 Å². The maximum absolute atomic E-state index is 13.8. The molecule has 0 aliphatic carbocycles. The molecule has 2 aromatic carbocycles. The number of nitrogens with zero attached hydrogens (tertiary/aromatic N) is 2. The van der Waals surface area contributed by atoms with Crippen molar-refractivity contribution in [3.8, 4) is 11.4 Å². The van der Waals surface area contributed by atoms with Crippen LogP contribution in [0.4, 0.5) is 18.9 Å². The van der Waals surface area contributed by atoms with Gasteiger partial charge in [-0.3, -0.25) is 4.79 Å². The molecule has 1 aromatic heterocycles. The van der Waals surface area contributed by atoms with Crippen molar-refractivity contribution in [3.63, 3.8) is 0 Å². The number of anilines is 1. The lowest BCUT2D eigenvalue weighted by molar-refractivity contribution is -0.143.